The minimum absolute atomic E-state index is 0.00139. The zero-order chi connectivity index (χ0) is 15.5. The normalized spacial score (nSPS) is 19.7. The summed E-state index contributed by atoms with van der Waals surface area (Å²) >= 11 is 5.48. The molecule has 7 heteroatoms. The Balaban J connectivity index is 1.60. The molecule has 1 amide bonds. The quantitative estimate of drug-likeness (QED) is 0.809. The van der Waals surface area contributed by atoms with Gasteiger partial charge in [0.25, 0.3) is 0 Å². The molecule has 0 radical (unpaired) electrons. The molecule has 2 aliphatic rings. The van der Waals surface area contributed by atoms with Crippen LogP contribution in [0.4, 0.5) is 5.69 Å². The predicted octanol–water partition coefficient (Wildman–Crippen LogP) is 1.71. The first kappa shape index (κ1) is 14.9. The largest absolute Gasteiger partial charge is 0.454 e. The Kier molecular flexibility index (Phi) is 4.33. The van der Waals surface area contributed by atoms with Gasteiger partial charge in [-0.1, -0.05) is 0 Å². The molecule has 1 saturated heterocycles. The Morgan fingerprint density at radius 3 is 3.00 bits per heavy atom. The molecule has 3 rings (SSSR count). The number of piperidine rings is 1. The standard InChI is InChI=1S/C15H19N3O3S/c1-10(19)16-12-3-2-6-18(8-12)15(22)17-11-4-5-13-14(7-11)21-9-20-13/h4-5,7,12H,2-3,6,8-9H2,1H3,(H,16,19)(H,17,22)/t12-/m0/s1. The molecular formula is C15H19N3O3S. The van der Waals surface area contributed by atoms with Crippen molar-refractivity contribution in [2.24, 2.45) is 0 Å². The molecule has 6 nitrogen and oxygen atoms in total. The molecule has 2 N–H and O–H groups in total. The third-order valence-corrected chi connectivity index (χ3v) is 4.10. The van der Waals surface area contributed by atoms with Crippen molar-refractivity contribution in [1.82, 2.24) is 10.2 Å². The molecule has 0 aliphatic carbocycles. The smallest absolute Gasteiger partial charge is 0.231 e. The highest BCUT2D eigenvalue weighted by Crippen LogP contribution is 2.34. The number of fused-ring (bicyclic) bond motifs is 1. The molecule has 0 spiro atoms. The Bertz CT molecular complexity index is 593. The van der Waals surface area contributed by atoms with Crippen molar-refractivity contribution in [3.05, 3.63) is 18.2 Å². The van der Waals surface area contributed by atoms with E-state index < -0.39 is 0 Å². The van der Waals surface area contributed by atoms with E-state index in [1.807, 2.05) is 18.2 Å². The van der Waals surface area contributed by atoms with Crippen LogP contribution < -0.4 is 20.1 Å². The van der Waals surface area contributed by atoms with Crippen LogP contribution in [0.1, 0.15) is 19.8 Å². The lowest BCUT2D eigenvalue weighted by Crippen LogP contribution is -2.50. The number of anilines is 1. The van der Waals surface area contributed by atoms with Crippen LogP contribution >= 0.6 is 12.2 Å². The van der Waals surface area contributed by atoms with Gasteiger partial charge in [0.1, 0.15) is 0 Å². The summed E-state index contributed by atoms with van der Waals surface area (Å²) in [5, 5.41) is 6.85. The minimum atomic E-state index is 0.00139. The molecule has 0 bridgehead atoms. The first-order valence-corrected chi connectivity index (χ1v) is 7.75. The predicted molar refractivity (Wildman–Crippen MR) is 87.2 cm³/mol. The molecule has 0 saturated carbocycles. The summed E-state index contributed by atoms with van der Waals surface area (Å²) in [6.07, 6.45) is 2.00. The van der Waals surface area contributed by atoms with E-state index in [0.717, 1.165) is 43.1 Å². The lowest BCUT2D eigenvalue weighted by atomic mass is 10.1. The fourth-order valence-corrected chi connectivity index (χ4v) is 3.03. The maximum atomic E-state index is 11.2. The summed E-state index contributed by atoms with van der Waals surface area (Å²) in [7, 11) is 0. The molecule has 1 aromatic rings. The van der Waals surface area contributed by atoms with Crippen LogP contribution in [0.25, 0.3) is 0 Å². The second-order valence-electron chi connectivity index (χ2n) is 5.48. The van der Waals surface area contributed by atoms with Crippen molar-refractivity contribution < 1.29 is 14.3 Å². The molecule has 2 aliphatic heterocycles. The number of rotatable bonds is 2. The number of amides is 1. The second kappa shape index (κ2) is 6.39. The van der Waals surface area contributed by atoms with Crippen LogP contribution in [0.3, 0.4) is 0 Å². The maximum Gasteiger partial charge on any atom is 0.231 e. The summed E-state index contributed by atoms with van der Waals surface area (Å²) in [6, 6.07) is 5.81. The van der Waals surface area contributed by atoms with Gasteiger partial charge in [0.2, 0.25) is 12.7 Å². The number of thiocarbonyl (C=S) groups is 1. The average Bonchev–Trinajstić information content (AvgIpc) is 2.94. The van der Waals surface area contributed by atoms with Crippen molar-refractivity contribution in [3.8, 4) is 11.5 Å². The summed E-state index contributed by atoms with van der Waals surface area (Å²) in [5.41, 5.74) is 0.871. The molecule has 1 aromatic carbocycles. The SMILES string of the molecule is CC(=O)N[C@H]1CCCN(C(=S)Nc2ccc3c(c2)OCO3)C1. The number of carbonyl (C=O) groups is 1. The Hall–Kier alpha value is -2.02. The van der Waals surface area contributed by atoms with Crippen LogP contribution in [0.15, 0.2) is 18.2 Å². The van der Waals surface area contributed by atoms with E-state index in [9.17, 15) is 4.79 Å². The highest BCUT2D eigenvalue weighted by molar-refractivity contribution is 7.80. The highest BCUT2D eigenvalue weighted by Gasteiger charge is 2.22. The number of hydrogen-bond donors (Lipinski definition) is 2. The van der Waals surface area contributed by atoms with Gasteiger partial charge in [-0.15, -0.1) is 0 Å². The third-order valence-electron chi connectivity index (χ3n) is 3.74. The lowest BCUT2D eigenvalue weighted by molar-refractivity contribution is -0.119. The van der Waals surface area contributed by atoms with E-state index >= 15 is 0 Å². The van der Waals surface area contributed by atoms with Gasteiger partial charge in [0, 0.05) is 37.8 Å². The zero-order valence-electron chi connectivity index (χ0n) is 12.4. The number of ether oxygens (including phenoxy) is 2. The second-order valence-corrected chi connectivity index (χ2v) is 5.87. The van der Waals surface area contributed by atoms with Crippen LogP contribution in [-0.4, -0.2) is 41.8 Å². The highest BCUT2D eigenvalue weighted by atomic mass is 32.1. The van der Waals surface area contributed by atoms with Crippen LogP contribution in [-0.2, 0) is 4.79 Å². The van der Waals surface area contributed by atoms with Crippen LogP contribution in [0.5, 0.6) is 11.5 Å². The van der Waals surface area contributed by atoms with Gasteiger partial charge in [0.05, 0.1) is 0 Å². The van der Waals surface area contributed by atoms with Gasteiger partial charge in [-0.2, -0.15) is 0 Å². The number of carbonyl (C=O) groups excluding carboxylic acids is 1. The van der Waals surface area contributed by atoms with Crippen molar-refractivity contribution >= 4 is 28.9 Å². The Labute approximate surface area is 134 Å². The van der Waals surface area contributed by atoms with Gasteiger partial charge >= 0.3 is 0 Å². The first-order valence-electron chi connectivity index (χ1n) is 7.34. The molecule has 1 fully saturated rings. The third kappa shape index (κ3) is 3.41. The topological polar surface area (TPSA) is 62.8 Å². The fraction of sp³-hybridized carbons (Fsp3) is 0.467. The van der Waals surface area contributed by atoms with Crippen molar-refractivity contribution in [2.75, 3.05) is 25.2 Å². The molecule has 118 valence electrons. The molecule has 0 unspecified atom stereocenters. The van der Waals surface area contributed by atoms with Gasteiger partial charge in [0.15, 0.2) is 16.6 Å². The molecule has 22 heavy (non-hydrogen) atoms. The lowest BCUT2D eigenvalue weighted by Gasteiger charge is -2.34. The van der Waals surface area contributed by atoms with Gasteiger partial charge in [-0.05, 0) is 37.2 Å². The minimum Gasteiger partial charge on any atom is -0.454 e. The molecular weight excluding hydrogens is 302 g/mol. The maximum absolute atomic E-state index is 11.2. The molecule has 1 atom stereocenters. The van der Waals surface area contributed by atoms with E-state index in [4.69, 9.17) is 21.7 Å². The monoisotopic (exact) mass is 321 g/mol. The van der Waals surface area contributed by atoms with Crippen molar-refractivity contribution in [3.63, 3.8) is 0 Å². The van der Waals surface area contributed by atoms with E-state index in [0.29, 0.717) is 5.11 Å². The summed E-state index contributed by atoms with van der Waals surface area (Å²) in [6.45, 7) is 3.43. The number of nitrogens with zero attached hydrogens (tertiary/aromatic N) is 1. The Morgan fingerprint density at radius 2 is 2.18 bits per heavy atom. The van der Waals surface area contributed by atoms with Crippen LogP contribution in [0, 0.1) is 0 Å². The zero-order valence-corrected chi connectivity index (χ0v) is 13.2. The van der Waals surface area contributed by atoms with Gasteiger partial charge in [-0.3, -0.25) is 4.79 Å². The van der Waals surface area contributed by atoms with E-state index in [1.165, 1.54) is 0 Å². The molecule has 2 heterocycles. The van der Waals surface area contributed by atoms with E-state index in [1.54, 1.807) is 6.92 Å². The van der Waals surface area contributed by atoms with Crippen molar-refractivity contribution in [2.45, 2.75) is 25.8 Å². The first-order chi connectivity index (χ1) is 10.6. The van der Waals surface area contributed by atoms with E-state index in [-0.39, 0.29) is 18.7 Å². The van der Waals surface area contributed by atoms with Crippen LogP contribution in [0.2, 0.25) is 0 Å². The van der Waals surface area contributed by atoms with Crippen molar-refractivity contribution in [1.29, 1.82) is 0 Å². The summed E-state index contributed by atoms with van der Waals surface area (Å²) < 4.78 is 10.7. The van der Waals surface area contributed by atoms with Gasteiger partial charge in [-0.25, -0.2) is 0 Å². The number of benzene rings is 1. The summed E-state index contributed by atoms with van der Waals surface area (Å²) in [5.74, 6) is 1.48. The molecule has 0 aromatic heterocycles. The fourth-order valence-electron chi connectivity index (χ4n) is 2.74. The summed E-state index contributed by atoms with van der Waals surface area (Å²) in [4.78, 5) is 13.3. The average molecular weight is 321 g/mol. The van der Waals surface area contributed by atoms with E-state index in [2.05, 4.69) is 15.5 Å². The number of nitrogens with one attached hydrogen (secondary N) is 2. The number of likely N-dealkylation sites (tertiary alicyclic amines) is 1. The Morgan fingerprint density at radius 1 is 1.36 bits per heavy atom. The number of hydrogen-bond acceptors (Lipinski definition) is 4. The van der Waals surface area contributed by atoms with Gasteiger partial charge < -0.3 is 25.0 Å².